The van der Waals surface area contributed by atoms with Gasteiger partial charge in [-0.2, -0.15) is 0 Å². The molecule has 1 aromatic heterocycles. The fraction of sp³-hybridized carbons (Fsp3) is 0.318. The molecule has 128 valence electrons. The van der Waals surface area contributed by atoms with Crippen molar-refractivity contribution < 1.29 is 13.9 Å². The van der Waals surface area contributed by atoms with E-state index in [4.69, 9.17) is 9.15 Å². The lowest BCUT2D eigenvalue weighted by atomic mass is 9.80. The van der Waals surface area contributed by atoms with E-state index in [2.05, 4.69) is 42.5 Å². The molecule has 3 nitrogen and oxygen atoms in total. The second kappa shape index (κ2) is 6.75. The summed E-state index contributed by atoms with van der Waals surface area (Å²) in [6, 6.07) is 16.5. The van der Waals surface area contributed by atoms with Crippen LogP contribution in [0.4, 0.5) is 0 Å². The summed E-state index contributed by atoms with van der Waals surface area (Å²) < 4.78 is 11.2. The van der Waals surface area contributed by atoms with Crippen LogP contribution in [0.1, 0.15) is 53.3 Å². The van der Waals surface area contributed by atoms with Gasteiger partial charge in [0.2, 0.25) is 0 Å². The third-order valence-corrected chi connectivity index (χ3v) is 5.26. The van der Waals surface area contributed by atoms with Crippen molar-refractivity contribution in [3.63, 3.8) is 0 Å². The molecule has 3 heteroatoms. The molecule has 0 radical (unpaired) electrons. The number of furan rings is 1. The standard InChI is InChI=1S/C22H22O3/c1-15-17(13-14-24-15)22(23)25-21-12-5-4-10-20(21)19-11-6-8-16-7-2-3-9-18(16)19/h2-3,6-9,11,13-14,20-21H,4-5,10,12H2,1H3/t20-,21+/m1/s1. The molecule has 2 atom stereocenters. The molecule has 2 aromatic carbocycles. The second-order valence-corrected chi connectivity index (χ2v) is 6.79. The van der Waals surface area contributed by atoms with E-state index >= 15 is 0 Å². The number of rotatable bonds is 3. The number of esters is 1. The van der Waals surface area contributed by atoms with Crippen molar-refractivity contribution in [1.82, 2.24) is 0 Å². The number of ether oxygens (including phenoxy) is 1. The van der Waals surface area contributed by atoms with Crippen molar-refractivity contribution in [2.24, 2.45) is 0 Å². The summed E-state index contributed by atoms with van der Waals surface area (Å²) in [6.07, 6.45) is 5.69. The van der Waals surface area contributed by atoms with Crippen molar-refractivity contribution in [3.8, 4) is 0 Å². The van der Waals surface area contributed by atoms with Crippen LogP contribution in [0, 0.1) is 6.92 Å². The molecule has 1 heterocycles. The molecule has 1 aliphatic carbocycles. The Bertz CT molecular complexity index is 888. The van der Waals surface area contributed by atoms with Crippen molar-refractivity contribution in [3.05, 3.63) is 71.7 Å². The Kier molecular flexibility index (Phi) is 4.31. The smallest absolute Gasteiger partial charge is 0.341 e. The summed E-state index contributed by atoms with van der Waals surface area (Å²) in [5.41, 5.74) is 1.82. The summed E-state index contributed by atoms with van der Waals surface area (Å²) in [4.78, 5) is 12.6. The van der Waals surface area contributed by atoms with Gasteiger partial charge in [0.15, 0.2) is 0 Å². The number of fused-ring (bicyclic) bond motifs is 1. The lowest BCUT2D eigenvalue weighted by molar-refractivity contribution is 0.0142. The summed E-state index contributed by atoms with van der Waals surface area (Å²) in [5, 5.41) is 2.50. The first kappa shape index (κ1) is 15.9. The molecule has 0 aliphatic heterocycles. The lowest BCUT2D eigenvalue weighted by Gasteiger charge is -2.32. The molecule has 25 heavy (non-hydrogen) atoms. The minimum absolute atomic E-state index is 0.0821. The Morgan fingerprint density at radius 3 is 2.68 bits per heavy atom. The van der Waals surface area contributed by atoms with E-state index in [0.717, 1.165) is 19.3 Å². The Morgan fingerprint density at radius 1 is 1.04 bits per heavy atom. The number of hydrogen-bond donors (Lipinski definition) is 0. The van der Waals surface area contributed by atoms with Crippen LogP contribution in [-0.4, -0.2) is 12.1 Å². The first-order valence-corrected chi connectivity index (χ1v) is 8.97. The molecule has 0 bridgehead atoms. The minimum Gasteiger partial charge on any atom is -0.469 e. The van der Waals surface area contributed by atoms with Gasteiger partial charge < -0.3 is 9.15 Å². The molecule has 0 N–H and O–H groups in total. The zero-order valence-corrected chi connectivity index (χ0v) is 14.4. The zero-order valence-electron chi connectivity index (χ0n) is 14.4. The number of hydrogen-bond acceptors (Lipinski definition) is 3. The van der Waals surface area contributed by atoms with Gasteiger partial charge in [-0.3, -0.25) is 0 Å². The fourth-order valence-electron chi connectivity index (χ4n) is 3.97. The third kappa shape index (κ3) is 3.07. The average Bonchev–Trinajstić information content (AvgIpc) is 3.08. The van der Waals surface area contributed by atoms with Gasteiger partial charge in [-0.15, -0.1) is 0 Å². The minimum atomic E-state index is -0.275. The van der Waals surface area contributed by atoms with Gasteiger partial charge in [0.05, 0.1) is 6.26 Å². The highest BCUT2D eigenvalue weighted by Crippen LogP contribution is 2.38. The molecule has 4 rings (SSSR count). The van der Waals surface area contributed by atoms with E-state index in [1.54, 1.807) is 13.0 Å². The van der Waals surface area contributed by atoms with E-state index in [1.807, 2.05) is 0 Å². The molecular formula is C22H22O3. The van der Waals surface area contributed by atoms with E-state index in [9.17, 15) is 4.79 Å². The van der Waals surface area contributed by atoms with Crippen LogP contribution in [0.15, 0.2) is 59.2 Å². The van der Waals surface area contributed by atoms with Crippen LogP contribution in [0.2, 0.25) is 0 Å². The SMILES string of the molecule is Cc1occc1C(=O)O[C@H]1CCCC[C@@H]1c1cccc2ccccc12. The van der Waals surface area contributed by atoms with Gasteiger partial charge in [0.1, 0.15) is 17.4 Å². The van der Waals surface area contributed by atoms with Crippen LogP contribution in [-0.2, 0) is 4.74 Å². The van der Waals surface area contributed by atoms with Crippen molar-refractivity contribution in [1.29, 1.82) is 0 Å². The van der Waals surface area contributed by atoms with Crippen molar-refractivity contribution in [2.75, 3.05) is 0 Å². The number of benzene rings is 2. The predicted molar refractivity (Wildman–Crippen MR) is 97.8 cm³/mol. The summed E-state index contributed by atoms with van der Waals surface area (Å²) in [5.74, 6) is 0.585. The van der Waals surface area contributed by atoms with Crippen LogP contribution in [0.5, 0.6) is 0 Å². The van der Waals surface area contributed by atoms with E-state index in [-0.39, 0.29) is 18.0 Å². The Balaban J connectivity index is 1.65. The van der Waals surface area contributed by atoms with Gasteiger partial charge in [-0.1, -0.05) is 48.9 Å². The summed E-state index contributed by atoms with van der Waals surface area (Å²) in [7, 11) is 0. The largest absolute Gasteiger partial charge is 0.469 e. The molecular weight excluding hydrogens is 312 g/mol. The third-order valence-electron chi connectivity index (χ3n) is 5.26. The topological polar surface area (TPSA) is 39.4 Å². The number of aryl methyl sites for hydroxylation is 1. The van der Waals surface area contributed by atoms with E-state index < -0.39 is 0 Å². The molecule has 0 amide bonds. The number of carbonyl (C=O) groups is 1. The first-order valence-electron chi connectivity index (χ1n) is 8.97. The maximum atomic E-state index is 12.6. The van der Waals surface area contributed by atoms with Gasteiger partial charge in [-0.05, 0) is 48.6 Å². The Labute approximate surface area is 147 Å². The lowest BCUT2D eigenvalue weighted by Crippen LogP contribution is -2.29. The second-order valence-electron chi connectivity index (χ2n) is 6.79. The molecule has 0 spiro atoms. The Hall–Kier alpha value is -2.55. The molecule has 1 fully saturated rings. The van der Waals surface area contributed by atoms with Gasteiger partial charge in [0.25, 0.3) is 0 Å². The highest BCUT2D eigenvalue weighted by atomic mass is 16.5. The molecule has 0 unspecified atom stereocenters. The van der Waals surface area contributed by atoms with E-state index in [0.29, 0.717) is 11.3 Å². The first-order chi connectivity index (χ1) is 12.2. The van der Waals surface area contributed by atoms with Crippen LogP contribution < -0.4 is 0 Å². The fourth-order valence-corrected chi connectivity index (χ4v) is 3.97. The predicted octanol–water partition coefficient (Wildman–Crippen LogP) is 5.62. The van der Waals surface area contributed by atoms with Gasteiger partial charge in [-0.25, -0.2) is 4.79 Å². The summed E-state index contributed by atoms with van der Waals surface area (Å²) >= 11 is 0. The van der Waals surface area contributed by atoms with Crippen molar-refractivity contribution in [2.45, 2.75) is 44.6 Å². The zero-order chi connectivity index (χ0) is 17.2. The molecule has 1 saturated carbocycles. The van der Waals surface area contributed by atoms with Crippen LogP contribution >= 0.6 is 0 Å². The highest BCUT2D eigenvalue weighted by molar-refractivity contribution is 5.90. The maximum absolute atomic E-state index is 12.6. The highest BCUT2D eigenvalue weighted by Gasteiger charge is 2.31. The number of carbonyl (C=O) groups excluding carboxylic acids is 1. The molecule has 3 aromatic rings. The van der Waals surface area contributed by atoms with Crippen LogP contribution in [0.3, 0.4) is 0 Å². The quantitative estimate of drug-likeness (QED) is 0.583. The maximum Gasteiger partial charge on any atom is 0.341 e. The Morgan fingerprint density at radius 2 is 1.84 bits per heavy atom. The monoisotopic (exact) mass is 334 g/mol. The van der Waals surface area contributed by atoms with Gasteiger partial charge in [0, 0.05) is 5.92 Å². The van der Waals surface area contributed by atoms with Crippen molar-refractivity contribution >= 4 is 16.7 Å². The van der Waals surface area contributed by atoms with Gasteiger partial charge >= 0.3 is 5.97 Å². The molecule has 1 aliphatic rings. The van der Waals surface area contributed by atoms with Crippen LogP contribution in [0.25, 0.3) is 10.8 Å². The average molecular weight is 334 g/mol. The molecule has 0 saturated heterocycles. The van der Waals surface area contributed by atoms with E-state index in [1.165, 1.54) is 29.0 Å². The summed E-state index contributed by atoms with van der Waals surface area (Å²) in [6.45, 7) is 1.79. The normalized spacial score (nSPS) is 20.5.